The molecule has 2 aromatic rings. The largest absolute Gasteiger partial charge is 0.357 e. The number of guanidine groups is 1. The third-order valence-corrected chi connectivity index (χ3v) is 6.60. The van der Waals surface area contributed by atoms with Crippen LogP contribution in [-0.2, 0) is 13.0 Å². The molecule has 2 aromatic heterocycles. The van der Waals surface area contributed by atoms with Crippen molar-refractivity contribution in [2.24, 2.45) is 10.9 Å². The van der Waals surface area contributed by atoms with Crippen molar-refractivity contribution in [3.8, 4) is 0 Å². The lowest BCUT2D eigenvalue weighted by atomic mass is 9.97. The van der Waals surface area contributed by atoms with Gasteiger partial charge in [0.15, 0.2) is 5.96 Å². The van der Waals surface area contributed by atoms with Crippen molar-refractivity contribution in [2.45, 2.75) is 46.6 Å². The fourth-order valence-electron chi connectivity index (χ4n) is 3.43. The third kappa shape index (κ3) is 6.83. The quantitative estimate of drug-likeness (QED) is 0.507. The number of aromatic nitrogens is 2. The van der Waals surface area contributed by atoms with E-state index < -0.39 is 0 Å². The molecule has 1 aliphatic rings. The van der Waals surface area contributed by atoms with Crippen LogP contribution in [0.3, 0.4) is 0 Å². The van der Waals surface area contributed by atoms with Crippen molar-refractivity contribution >= 4 is 28.6 Å². The first kappa shape index (κ1) is 21.2. The van der Waals surface area contributed by atoms with E-state index in [2.05, 4.69) is 57.0 Å². The van der Waals surface area contributed by atoms with Crippen LogP contribution in [0.15, 0.2) is 15.8 Å². The van der Waals surface area contributed by atoms with Gasteiger partial charge in [-0.1, -0.05) is 0 Å². The monoisotopic (exact) mass is 420 g/mol. The number of thiazole rings is 2. The zero-order valence-corrected chi connectivity index (χ0v) is 18.8. The van der Waals surface area contributed by atoms with Gasteiger partial charge in [0.2, 0.25) is 0 Å². The predicted molar refractivity (Wildman–Crippen MR) is 119 cm³/mol. The topological polar surface area (TPSA) is 65.4 Å². The van der Waals surface area contributed by atoms with Gasteiger partial charge in [-0.15, -0.1) is 22.7 Å². The minimum Gasteiger partial charge on any atom is -0.357 e. The molecule has 1 aliphatic heterocycles. The fraction of sp³-hybridized carbons (Fsp3) is 0.650. The molecule has 3 rings (SSSR count). The normalized spacial score (nSPS) is 16.5. The smallest absolute Gasteiger partial charge is 0.191 e. The van der Waals surface area contributed by atoms with Gasteiger partial charge in [-0.3, -0.25) is 9.89 Å². The maximum atomic E-state index is 4.83. The van der Waals surface area contributed by atoms with E-state index in [4.69, 9.17) is 4.99 Å². The number of nitrogens with one attached hydrogen (secondary N) is 2. The molecule has 8 heteroatoms. The molecule has 2 N–H and O–H groups in total. The minimum absolute atomic E-state index is 0.671. The maximum Gasteiger partial charge on any atom is 0.191 e. The second kappa shape index (κ2) is 10.9. The lowest BCUT2D eigenvalue weighted by Crippen LogP contribution is -2.39. The van der Waals surface area contributed by atoms with Gasteiger partial charge in [0.1, 0.15) is 0 Å². The molecular formula is C20H32N6S2. The summed E-state index contributed by atoms with van der Waals surface area (Å²) in [5.74, 6) is 1.60. The van der Waals surface area contributed by atoms with Crippen molar-refractivity contribution in [1.29, 1.82) is 0 Å². The van der Waals surface area contributed by atoms with Crippen LogP contribution in [-0.4, -0.2) is 53.6 Å². The first-order valence-corrected chi connectivity index (χ1v) is 11.9. The van der Waals surface area contributed by atoms with Crippen molar-refractivity contribution in [1.82, 2.24) is 25.5 Å². The van der Waals surface area contributed by atoms with E-state index in [1.807, 2.05) is 0 Å². The number of hydrogen-bond acceptors (Lipinski definition) is 6. The maximum absolute atomic E-state index is 4.83. The zero-order valence-electron chi connectivity index (χ0n) is 17.2. The van der Waals surface area contributed by atoms with Crippen molar-refractivity contribution in [3.05, 3.63) is 32.2 Å². The van der Waals surface area contributed by atoms with Crippen LogP contribution in [0.25, 0.3) is 0 Å². The Kier molecular flexibility index (Phi) is 8.24. The Balaban J connectivity index is 1.39. The van der Waals surface area contributed by atoms with Crippen LogP contribution in [0.5, 0.6) is 0 Å². The highest BCUT2D eigenvalue weighted by atomic mass is 32.1. The molecule has 6 nitrogen and oxygen atoms in total. The van der Waals surface area contributed by atoms with Crippen molar-refractivity contribution in [3.63, 3.8) is 0 Å². The van der Waals surface area contributed by atoms with Gasteiger partial charge in [-0.05, 0) is 52.6 Å². The average Bonchev–Trinajstić information content (AvgIpc) is 3.29. The summed E-state index contributed by atoms with van der Waals surface area (Å²) in [6.45, 7) is 12.2. The van der Waals surface area contributed by atoms with Crippen LogP contribution in [0.2, 0.25) is 0 Å². The van der Waals surface area contributed by atoms with Crippen LogP contribution in [0, 0.1) is 19.8 Å². The molecule has 28 heavy (non-hydrogen) atoms. The molecule has 0 saturated carbocycles. The number of aryl methyl sites for hydroxylation is 2. The zero-order chi connectivity index (χ0) is 19.8. The molecule has 154 valence electrons. The van der Waals surface area contributed by atoms with E-state index in [9.17, 15) is 0 Å². The van der Waals surface area contributed by atoms with Gasteiger partial charge in [0.25, 0.3) is 0 Å². The summed E-state index contributed by atoms with van der Waals surface area (Å²) in [6, 6.07) is 0. The van der Waals surface area contributed by atoms with Crippen LogP contribution in [0.4, 0.5) is 0 Å². The lowest BCUT2D eigenvalue weighted by molar-refractivity contribution is 0.179. The van der Waals surface area contributed by atoms with Crippen LogP contribution >= 0.6 is 22.7 Å². The SMILES string of the molecule is CCNC(=NCC1CCN(Cc2csc(C)n2)CC1)NCCc1csc(C)n1. The molecule has 0 amide bonds. The Labute approximate surface area is 176 Å². The molecule has 1 saturated heterocycles. The molecule has 0 atom stereocenters. The third-order valence-electron chi connectivity index (χ3n) is 4.95. The molecule has 0 spiro atoms. The lowest BCUT2D eigenvalue weighted by Gasteiger charge is -2.30. The Morgan fingerprint density at radius 1 is 1.11 bits per heavy atom. The van der Waals surface area contributed by atoms with Crippen molar-refractivity contribution in [2.75, 3.05) is 32.7 Å². The van der Waals surface area contributed by atoms with E-state index in [1.165, 1.54) is 18.5 Å². The van der Waals surface area contributed by atoms with Crippen molar-refractivity contribution < 1.29 is 0 Å². The molecule has 3 heterocycles. The van der Waals surface area contributed by atoms with Gasteiger partial charge < -0.3 is 10.6 Å². The highest BCUT2D eigenvalue weighted by Crippen LogP contribution is 2.20. The Morgan fingerprint density at radius 2 is 1.79 bits per heavy atom. The number of likely N-dealkylation sites (tertiary alicyclic amines) is 1. The summed E-state index contributed by atoms with van der Waals surface area (Å²) >= 11 is 3.45. The number of hydrogen-bond donors (Lipinski definition) is 2. The van der Waals surface area contributed by atoms with E-state index in [-0.39, 0.29) is 0 Å². The highest BCUT2D eigenvalue weighted by molar-refractivity contribution is 7.09. The number of aliphatic imine (C=N–C) groups is 1. The minimum atomic E-state index is 0.671. The second-order valence-corrected chi connectivity index (χ2v) is 9.46. The van der Waals surface area contributed by atoms with Gasteiger partial charge in [-0.2, -0.15) is 0 Å². The molecule has 0 radical (unpaired) electrons. The summed E-state index contributed by atoms with van der Waals surface area (Å²) in [6.07, 6.45) is 3.36. The summed E-state index contributed by atoms with van der Waals surface area (Å²) < 4.78 is 0. The van der Waals surface area contributed by atoms with E-state index in [0.717, 1.165) is 67.4 Å². The van der Waals surface area contributed by atoms with E-state index >= 15 is 0 Å². The molecule has 0 bridgehead atoms. The number of nitrogens with zero attached hydrogens (tertiary/aromatic N) is 4. The fourth-order valence-corrected chi connectivity index (χ4v) is 4.68. The molecule has 1 fully saturated rings. The summed E-state index contributed by atoms with van der Waals surface area (Å²) in [7, 11) is 0. The van der Waals surface area contributed by atoms with Crippen LogP contribution in [0.1, 0.15) is 41.2 Å². The summed E-state index contributed by atoms with van der Waals surface area (Å²) in [4.78, 5) is 16.5. The highest BCUT2D eigenvalue weighted by Gasteiger charge is 2.19. The number of piperidine rings is 1. The first-order valence-electron chi connectivity index (χ1n) is 10.2. The average molecular weight is 421 g/mol. The van der Waals surface area contributed by atoms with Gasteiger partial charge >= 0.3 is 0 Å². The number of rotatable bonds is 8. The molecule has 0 unspecified atom stereocenters. The Hall–Kier alpha value is -1.51. The molecule has 0 aliphatic carbocycles. The summed E-state index contributed by atoms with van der Waals surface area (Å²) in [5, 5.41) is 13.4. The van der Waals surface area contributed by atoms with Gasteiger partial charge in [0.05, 0.1) is 21.4 Å². The van der Waals surface area contributed by atoms with E-state index in [0.29, 0.717) is 5.92 Å². The second-order valence-electron chi connectivity index (χ2n) is 7.33. The standard InChI is InChI=1S/C20H32N6S2/c1-4-21-20(22-8-5-18-13-27-15(2)24-18)23-11-17-6-9-26(10-7-17)12-19-14-28-16(3)25-19/h13-14,17H,4-12H2,1-3H3,(H2,21,22,23). The van der Waals surface area contributed by atoms with Crippen LogP contribution < -0.4 is 10.6 Å². The van der Waals surface area contributed by atoms with Gasteiger partial charge in [-0.25, -0.2) is 9.97 Å². The first-order chi connectivity index (χ1) is 13.6. The Bertz CT molecular complexity index is 745. The summed E-state index contributed by atoms with van der Waals surface area (Å²) in [5.41, 5.74) is 2.38. The molecule has 0 aromatic carbocycles. The molecular weight excluding hydrogens is 388 g/mol. The predicted octanol–water partition coefficient (Wildman–Crippen LogP) is 3.23. The van der Waals surface area contributed by atoms with Gasteiger partial charge in [0, 0.05) is 43.4 Å². The Morgan fingerprint density at radius 3 is 2.39 bits per heavy atom. The van der Waals surface area contributed by atoms with E-state index in [1.54, 1.807) is 22.7 Å².